The van der Waals surface area contributed by atoms with Crippen molar-refractivity contribution in [3.05, 3.63) is 33.4 Å². The molecule has 0 aliphatic carbocycles. The van der Waals surface area contributed by atoms with E-state index >= 15 is 0 Å². The summed E-state index contributed by atoms with van der Waals surface area (Å²) in [5, 5.41) is 0. The van der Waals surface area contributed by atoms with Gasteiger partial charge in [0.1, 0.15) is 0 Å². The van der Waals surface area contributed by atoms with Crippen LogP contribution in [0, 0.1) is 3.57 Å². The van der Waals surface area contributed by atoms with Crippen molar-refractivity contribution in [3.63, 3.8) is 0 Å². The third kappa shape index (κ3) is 4.43. The highest BCUT2D eigenvalue weighted by atomic mass is 127. The highest BCUT2D eigenvalue weighted by Crippen LogP contribution is 2.09. The van der Waals surface area contributed by atoms with Gasteiger partial charge in [0.15, 0.2) is 6.61 Å². The molecule has 1 fully saturated rings. The Morgan fingerprint density at radius 3 is 2.36 bits per heavy atom. The second kappa shape index (κ2) is 7.57. The van der Waals surface area contributed by atoms with E-state index < -0.39 is 5.97 Å². The van der Waals surface area contributed by atoms with Gasteiger partial charge in [-0.25, -0.2) is 4.79 Å². The number of ether oxygens (including phenoxy) is 1. The molecule has 6 nitrogen and oxygen atoms in total. The van der Waals surface area contributed by atoms with E-state index in [2.05, 4.69) is 22.6 Å². The Labute approximate surface area is 142 Å². The lowest BCUT2D eigenvalue weighted by atomic mass is 10.2. The molecule has 0 aromatic heterocycles. The molecule has 1 aliphatic heterocycles. The number of halogens is 1. The zero-order valence-corrected chi connectivity index (χ0v) is 14.4. The Bertz CT molecular complexity index is 583. The van der Waals surface area contributed by atoms with Crippen LogP contribution >= 0.6 is 22.6 Å². The van der Waals surface area contributed by atoms with Gasteiger partial charge in [0.2, 0.25) is 5.91 Å². The van der Waals surface area contributed by atoms with Crippen molar-refractivity contribution in [2.75, 3.05) is 32.8 Å². The van der Waals surface area contributed by atoms with E-state index in [9.17, 15) is 14.4 Å². The first-order chi connectivity index (χ1) is 10.5. The standard InChI is InChI=1S/C15H17IN2O4/c1-11(19)17-5-7-18(8-6-17)14(20)10-22-15(21)12-3-2-4-13(16)9-12/h2-4,9H,5-8,10H2,1H3. The highest BCUT2D eigenvalue weighted by Gasteiger charge is 2.23. The summed E-state index contributed by atoms with van der Waals surface area (Å²) in [5.41, 5.74) is 0.432. The average Bonchev–Trinajstić information content (AvgIpc) is 2.52. The van der Waals surface area contributed by atoms with Crippen LogP contribution in [-0.2, 0) is 14.3 Å². The van der Waals surface area contributed by atoms with Crippen LogP contribution in [0.3, 0.4) is 0 Å². The summed E-state index contributed by atoms with van der Waals surface area (Å²) in [6.07, 6.45) is 0. The summed E-state index contributed by atoms with van der Waals surface area (Å²) >= 11 is 2.11. The monoisotopic (exact) mass is 416 g/mol. The van der Waals surface area contributed by atoms with Gasteiger partial charge in [-0.05, 0) is 40.8 Å². The van der Waals surface area contributed by atoms with Gasteiger partial charge in [-0.1, -0.05) is 6.07 Å². The summed E-state index contributed by atoms with van der Waals surface area (Å²) in [7, 11) is 0. The number of carbonyl (C=O) groups is 3. The maximum atomic E-state index is 12.0. The third-order valence-electron chi connectivity index (χ3n) is 3.46. The van der Waals surface area contributed by atoms with Gasteiger partial charge in [0.25, 0.3) is 5.91 Å². The first kappa shape index (κ1) is 16.7. The summed E-state index contributed by atoms with van der Waals surface area (Å²) in [5.74, 6) is -0.728. The van der Waals surface area contributed by atoms with Crippen LogP contribution in [0.1, 0.15) is 17.3 Å². The molecule has 118 valence electrons. The smallest absolute Gasteiger partial charge is 0.338 e. The van der Waals surface area contributed by atoms with E-state index in [1.54, 1.807) is 28.0 Å². The Balaban J connectivity index is 1.81. The molecule has 0 spiro atoms. The zero-order chi connectivity index (χ0) is 16.1. The van der Waals surface area contributed by atoms with E-state index in [-0.39, 0.29) is 18.4 Å². The Hall–Kier alpha value is -1.64. The summed E-state index contributed by atoms with van der Waals surface area (Å²) < 4.78 is 5.99. The van der Waals surface area contributed by atoms with Gasteiger partial charge in [0.05, 0.1) is 5.56 Å². The van der Waals surface area contributed by atoms with Crippen molar-refractivity contribution < 1.29 is 19.1 Å². The Morgan fingerprint density at radius 1 is 1.14 bits per heavy atom. The van der Waals surface area contributed by atoms with Crippen LogP contribution in [0.4, 0.5) is 0 Å². The molecule has 1 aromatic rings. The minimum absolute atomic E-state index is 0.0113. The molecule has 2 rings (SSSR count). The number of carbonyl (C=O) groups excluding carboxylic acids is 3. The fourth-order valence-electron chi connectivity index (χ4n) is 2.19. The summed E-state index contributed by atoms with van der Waals surface area (Å²) in [6, 6.07) is 7.00. The van der Waals surface area contributed by atoms with Crippen LogP contribution in [0.15, 0.2) is 24.3 Å². The summed E-state index contributed by atoms with van der Waals surface area (Å²) in [6.45, 7) is 3.22. The third-order valence-corrected chi connectivity index (χ3v) is 4.14. The maximum Gasteiger partial charge on any atom is 0.338 e. The van der Waals surface area contributed by atoms with Crippen molar-refractivity contribution in [3.8, 4) is 0 Å². The molecule has 0 saturated carbocycles. The van der Waals surface area contributed by atoms with Crippen LogP contribution in [0.5, 0.6) is 0 Å². The van der Waals surface area contributed by atoms with E-state index in [1.807, 2.05) is 6.07 Å². The molecule has 1 saturated heterocycles. The number of rotatable bonds is 3. The molecule has 0 N–H and O–H groups in total. The quantitative estimate of drug-likeness (QED) is 0.548. The molecule has 7 heteroatoms. The van der Waals surface area contributed by atoms with Crippen LogP contribution < -0.4 is 0 Å². The Kier molecular flexibility index (Phi) is 5.76. The number of esters is 1. The van der Waals surface area contributed by atoms with Crippen molar-refractivity contribution in [2.45, 2.75) is 6.92 Å². The van der Waals surface area contributed by atoms with Crippen molar-refractivity contribution in [1.29, 1.82) is 0 Å². The van der Waals surface area contributed by atoms with Gasteiger partial charge >= 0.3 is 5.97 Å². The lowest BCUT2D eigenvalue weighted by molar-refractivity contribution is -0.140. The zero-order valence-electron chi connectivity index (χ0n) is 12.3. The predicted octanol–water partition coefficient (Wildman–Crippen LogP) is 1.14. The second-order valence-corrected chi connectivity index (χ2v) is 6.22. The van der Waals surface area contributed by atoms with Gasteiger partial charge < -0.3 is 14.5 Å². The summed E-state index contributed by atoms with van der Waals surface area (Å²) in [4.78, 5) is 38.4. The second-order valence-electron chi connectivity index (χ2n) is 4.97. The fraction of sp³-hybridized carbons (Fsp3) is 0.400. The molecule has 0 radical (unpaired) electrons. The number of nitrogens with zero attached hydrogens (tertiary/aromatic N) is 2. The molecule has 22 heavy (non-hydrogen) atoms. The first-order valence-corrected chi connectivity index (χ1v) is 8.01. The van der Waals surface area contributed by atoms with Crippen molar-refractivity contribution in [1.82, 2.24) is 9.80 Å². The lowest BCUT2D eigenvalue weighted by Crippen LogP contribution is -2.51. The number of piperazine rings is 1. The van der Waals surface area contributed by atoms with Gasteiger partial charge in [0, 0.05) is 36.7 Å². The Morgan fingerprint density at radius 2 is 1.77 bits per heavy atom. The van der Waals surface area contributed by atoms with E-state index in [1.165, 1.54) is 6.92 Å². The number of amides is 2. The maximum absolute atomic E-state index is 12.0. The van der Waals surface area contributed by atoms with E-state index in [0.29, 0.717) is 31.7 Å². The van der Waals surface area contributed by atoms with Crippen molar-refractivity contribution >= 4 is 40.4 Å². The number of benzene rings is 1. The largest absolute Gasteiger partial charge is 0.452 e. The van der Waals surface area contributed by atoms with Crippen LogP contribution in [-0.4, -0.2) is 60.4 Å². The molecule has 0 atom stereocenters. The molecule has 0 unspecified atom stereocenters. The van der Waals surface area contributed by atoms with E-state index in [0.717, 1.165) is 3.57 Å². The average molecular weight is 416 g/mol. The molecule has 1 aliphatic rings. The molecular weight excluding hydrogens is 399 g/mol. The van der Waals surface area contributed by atoms with Crippen LogP contribution in [0.25, 0.3) is 0 Å². The number of hydrogen-bond acceptors (Lipinski definition) is 4. The van der Waals surface area contributed by atoms with E-state index in [4.69, 9.17) is 4.74 Å². The highest BCUT2D eigenvalue weighted by molar-refractivity contribution is 14.1. The van der Waals surface area contributed by atoms with Gasteiger partial charge in [-0.15, -0.1) is 0 Å². The topological polar surface area (TPSA) is 66.9 Å². The normalized spacial score (nSPS) is 14.6. The number of hydrogen-bond donors (Lipinski definition) is 0. The van der Waals surface area contributed by atoms with Gasteiger partial charge in [-0.3, -0.25) is 9.59 Å². The SMILES string of the molecule is CC(=O)N1CCN(C(=O)COC(=O)c2cccc(I)c2)CC1. The molecule has 0 bridgehead atoms. The lowest BCUT2D eigenvalue weighted by Gasteiger charge is -2.34. The fourth-order valence-corrected chi connectivity index (χ4v) is 2.73. The molecule has 1 heterocycles. The molecule has 1 aromatic carbocycles. The van der Waals surface area contributed by atoms with Crippen molar-refractivity contribution in [2.24, 2.45) is 0 Å². The minimum Gasteiger partial charge on any atom is -0.452 e. The first-order valence-electron chi connectivity index (χ1n) is 6.93. The molecular formula is C15H17IN2O4. The minimum atomic E-state index is -0.505. The van der Waals surface area contributed by atoms with Crippen LogP contribution in [0.2, 0.25) is 0 Å². The van der Waals surface area contributed by atoms with Gasteiger partial charge in [-0.2, -0.15) is 0 Å². The predicted molar refractivity (Wildman–Crippen MR) is 88.3 cm³/mol. The molecule has 2 amide bonds.